The Balaban J connectivity index is 1.87. The number of methoxy groups -OCH3 is 2. The molecule has 0 bridgehead atoms. The number of ether oxygens (including phenoxy) is 2. The first kappa shape index (κ1) is 22.8. The van der Waals surface area contributed by atoms with E-state index in [1.165, 1.54) is 56.7 Å². The first-order valence-electron chi connectivity index (χ1n) is 9.62. The Labute approximate surface area is 183 Å². The van der Waals surface area contributed by atoms with E-state index < -0.39 is 29.6 Å². The first-order valence-corrected chi connectivity index (χ1v) is 9.62. The van der Waals surface area contributed by atoms with Gasteiger partial charge >= 0.3 is 11.9 Å². The topological polar surface area (TPSA) is 106 Å². The molecule has 1 aliphatic rings. The predicted octanol–water partition coefficient (Wildman–Crippen LogP) is 3.14. The van der Waals surface area contributed by atoms with E-state index in [0.717, 1.165) is 5.01 Å². The van der Waals surface area contributed by atoms with Crippen LogP contribution < -0.4 is 5.01 Å². The molecule has 1 amide bonds. The van der Waals surface area contributed by atoms with Gasteiger partial charge in [-0.1, -0.05) is 12.1 Å². The first-order chi connectivity index (χ1) is 15.3. The summed E-state index contributed by atoms with van der Waals surface area (Å²) >= 11 is 0. The van der Waals surface area contributed by atoms with Crippen molar-refractivity contribution in [2.45, 2.75) is 6.42 Å². The van der Waals surface area contributed by atoms with Gasteiger partial charge in [-0.15, -0.1) is 0 Å². The van der Waals surface area contributed by atoms with Gasteiger partial charge in [0, 0.05) is 12.7 Å². The molecule has 0 saturated carbocycles. The van der Waals surface area contributed by atoms with Crippen LogP contribution in [-0.4, -0.2) is 49.5 Å². The minimum atomic E-state index is -1.19. The Kier molecular flexibility index (Phi) is 7.11. The second-order valence-electron chi connectivity index (χ2n) is 7.00. The fourth-order valence-corrected chi connectivity index (χ4v) is 3.25. The van der Waals surface area contributed by atoms with Gasteiger partial charge in [-0.25, -0.2) is 19.0 Å². The van der Waals surface area contributed by atoms with E-state index in [9.17, 15) is 23.9 Å². The van der Waals surface area contributed by atoms with Gasteiger partial charge in [-0.3, -0.25) is 4.79 Å². The molecule has 1 atom stereocenters. The highest BCUT2D eigenvalue weighted by atomic mass is 19.1. The van der Waals surface area contributed by atoms with Crippen molar-refractivity contribution in [3.8, 4) is 0 Å². The fourth-order valence-electron chi connectivity index (χ4n) is 3.25. The zero-order valence-electron chi connectivity index (χ0n) is 17.4. The van der Waals surface area contributed by atoms with Crippen molar-refractivity contribution in [3.63, 3.8) is 0 Å². The number of hydrogen-bond acceptors (Lipinski definition) is 6. The monoisotopic (exact) mass is 440 g/mol. The lowest BCUT2D eigenvalue weighted by molar-refractivity contribution is -0.132. The van der Waals surface area contributed by atoms with E-state index in [4.69, 9.17) is 4.74 Å². The molecule has 0 aliphatic carbocycles. The van der Waals surface area contributed by atoms with Crippen molar-refractivity contribution >= 4 is 35.3 Å². The largest absolute Gasteiger partial charge is 0.478 e. The number of halogens is 1. The van der Waals surface area contributed by atoms with Crippen LogP contribution in [-0.2, 0) is 19.1 Å². The second-order valence-corrected chi connectivity index (χ2v) is 7.00. The third-order valence-corrected chi connectivity index (χ3v) is 4.87. The number of hydrogen-bond donors (Lipinski definition) is 1. The summed E-state index contributed by atoms with van der Waals surface area (Å²) in [6.45, 7) is 0.0365. The fraction of sp³-hybridized carbons (Fsp3) is 0.217. The molecule has 0 aromatic heterocycles. The number of benzene rings is 2. The molecule has 1 aliphatic heterocycles. The number of nitrogens with zero attached hydrogens (tertiary/aromatic N) is 2. The molecular formula is C23H21FN2O6. The Morgan fingerprint density at radius 2 is 1.78 bits per heavy atom. The maximum absolute atomic E-state index is 13.2. The highest BCUT2D eigenvalue weighted by molar-refractivity contribution is 6.16. The van der Waals surface area contributed by atoms with Crippen molar-refractivity contribution in [2.75, 3.05) is 25.8 Å². The van der Waals surface area contributed by atoms with Crippen molar-refractivity contribution < 1.29 is 33.4 Å². The zero-order valence-corrected chi connectivity index (χ0v) is 17.4. The van der Waals surface area contributed by atoms with Crippen LogP contribution in [0.3, 0.4) is 0 Å². The smallest absolute Gasteiger partial charge is 0.337 e. The van der Waals surface area contributed by atoms with Crippen LogP contribution in [0.5, 0.6) is 0 Å². The standard InChI is InChI=1S/C23H21FN2O6/c1-31-13-20-19(21(27)26(25-20)18-9-7-17(24)8-10-18)12-16(22(28)29)11-14-3-5-15(6-4-14)23(30)32-2/h3-11,19H,12-13H2,1-2H3,(H,28,29). The molecular weight excluding hydrogens is 419 g/mol. The number of anilines is 1. The van der Waals surface area contributed by atoms with Gasteiger partial charge in [0.25, 0.3) is 5.91 Å². The molecule has 166 valence electrons. The van der Waals surface area contributed by atoms with E-state index in [-0.39, 0.29) is 18.6 Å². The number of carbonyl (C=O) groups is 3. The minimum absolute atomic E-state index is 0.0149. The summed E-state index contributed by atoms with van der Waals surface area (Å²) in [4.78, 5) is 36.5. The third-order valence-electron chi connectivity index (χ3n) is 4.87. The van der Waals surface area contributed by atoms with Crippen LogP contribution in [0.4, 0.5) is 10.1 Å². The van der Waals surface area contributed by atoms with Crippen molar-refractivity contribution in [2.24, 2.45) is 11.0 Å². The van der Waals surface area contributed by atoms with E-state index in [2.05, 4.69) is 9.84 Å². The van der Waals surface area contributed by atoms with Crippen molar-refractivity contribution in [1.29, 1.82) is 0 Å². The Bertz CT molecular complexity index is 1080. The van der Waals surface area contributed by atoms with Crippen LogP contribution in [0.25, 0.3) is 6.08 Å². The van der Waals surface area contributed by atoms with Crippen LogP contribution in [0.1, 0.15) is 22.3 Å². The maximum atomic E-state index is 13.2. The van der Waals surface area contributed by atoms with E-state index >= 15 is 0 Å². The summed E-state index contributed by atoms with van der Waals surface area (Å²) < 4.78 is 23.0. The molecule has 3 rings (SSSR count). The summed E-state index contributed by atoms with van der Waals surface area (Å²) in [5.41, 5.74) is 1.60. The number of aliphatic carboxylic acids is 1. The number of rotatable bonds is 8. The molecule has 1 unspecified atom stereocenters. The highest BCUT2D eigenvalue weighted by Crippen LogP contribution is 2.29. The number of hydrazone groups is 1. The quantitative estimate of drug-likeness (QED) is 0.499. The minimum Gasteiger partial charge on any atom is -0.478 e. The third kappa shape index (κ3) is 5.06. The molecule has 1 heterocycles. The number of carboxylic acids is 1. The lowest BCUT2D eigenvalue weighted by Gasteiger charge is -2.15. The number of carboxylic acid groups (broad SMARTS) is 1. The van der Waals surface area contributed by atoms with E-state index in [1.807, 2.05) is 0 Å². The molecule has 9 heteroatoms. The second kappa shape index (κ2) is 9.97. The Hall–Kier alpha value is -3.85. The van der Waals surface area contributed by atoms with Gasteiger partial charge < -0.3 is 14.6 Å². The lowest BCUT2D eigenvalue weighted by Crippen LogP contribution is -2.29. The van der Waals surface area contributed by atoms with Gasteiger partial charge in [0.2, 0.25) is 0 Å². The number of carbonyl (C=O) groups excluding carboxylic acids is 2. The predicted molar refractivity (Wildman–Crippen MR) is 115 cm³/mol. The number of amides is 1. The average molecular weight is 440 g/mol. The van der Waals surface area contributed by atoms with Gasteiger partial charge in [0.1, 0.15) is 5.82 Å². The van der Waals surface area contributed by atoms with Gasteiger partial charge in [0.15, 0.2) is 0 Å². The molecule has 8 nitrogen and oxygen atoms in total. The molecule has 2 aromatic rings. The molecule has 0 radical (unpaired) electrons. The normalized spacial score (nSPS) is 16.2. The molecule has 0 spiro atoms. The van der Waals surface area contributed by atoms with Crippen LogP contribution >= 0.6 is 0 Å². The van der Waals surface area contributed by atoms with Crippen LogP contribution in [0.15, 0.2) is 59.2 Å². The maximum Gasteiger partial charge on any atom is 0.337 e. The Morgan fingerprint density at radius 1 is 1.12 bits per heavy atom. The molecule has 32 heavy (non-hydrogen) atoms. The van der Waals surface area contributed by atoms with Crippen LogP contribution in [0.2, 0.25) is 0 Å². The molecule has 1 N–H and O–H groups in total. The van der Waals surface area contributed by atoms with Crippen LogP contribution in [0, 0.1) is 11.7 Å². The van der Waals surface area contributed by atoms with E-state index in [1.54, 1.807) is 12.1 Å². The average Bonchev–Trinajstić information content (AvgIpc) is 3.09. The number of esters is 1. The summed E-state index contributed by atoms with van der Waals surface area (Å²) in [7, 11) is 2.72. The molecule has 0 fully saturated rings. The lowest BCUT2D eigenvalue weighted by atomic mass is 9.93. The Morgan fingerprint density at radius 3 is 2.34 bits per heavy atom. The summed E-state index contributed by atoms with van der Waals surface area (Å²) in [6, 6.07) is 11.5. The summed E-state index contributed by atoms with van der Waals surface area (Å²) in [5.74, 6) is -3.43. The van der Waals surface area contributed by atoms with Gasteiger partial charge in [0.05, 0.1) is 36.6 Å². The molecule has 0 saturated heterocycles. The SMILES string of the molecule is COCC1=NN(c2ccc(F)cc2)C(=O)C1CC(=Cc1ccc(C(=O)OC)cc1)C(=O)O. The molecule has 2 aromatic carbocycles. The van der Waals surface area contributed by atoms with Crippen molar-refractivity contribution in [3.05, 3.63) is 71.0 Å². The highest BCUT2D eigenvalue weighted by Gasteiger charge is 2.37. The summed E-state index contributed by atoms with van der Waals surface area (Å²) in [6.07, 6.45) is 1.31. The van der Waals surface area contributed by atoms with E-state index in [0.29, 0.717) is 22.5 Å². The van der Waals surface area contributed by atoms with Crippen molar-refractivity contribution in [1.82, 2.24) is 0 Å². The zero-order chi connectivity index (χ0) is 23.3. The summed E-state index contributed by atoms with van der Waals surface area (Å²) in [5, 5.41) is 15.1. The van der Waals surface area contributed by atoms with Gasteiger partial charge in [-0.05, 0) is 54.5 Å². The van der Waals surface area contributed by atoms with Gasteiger partial charge in [-0.2, -0.15) is 5.10 Å².